The standard InChI is InChI=1S/C12H13N3O3S/c1-7(4-8-2-3-19-5-8)15-11(16)9-10(12(17)18)14-6-13-9/h2-3,5-7H,4H2,1H3,(H,13,14)(H,15,16)(H,17,18). The van der Waals surface area contributed by atoms with Gasteiger partial charge >= 0.3 is 5.97 Å². The highest BCUT2D eigenvalue weighted by Crippen LogP contribution is 2.09. The number of aromatic amines is 1. The van der Waals surface area contributed by atoms with Crippen molar-refractivity contribution in [1.82, 2.24) is 15.3 Å². The zero-order chi connectivity index (χ0) is 13.8. The Balaban J connectivity index is 2.00. The van der Waals surface area contributed by atoms with E-state index in [0.29, 0.717) is 6.42 Å². The summed E-state index contributed by atoms with van der Waals surface area (Å²) in [6, 6.07) is 1.89. The molecule has 0 saturated carbocycles. The summed E-state index contributed by atoms with van der Waals surface area (Å²) in [6.45, 7) is 1.86. The molecule has 0 bridgehead atoms. The number of hydrogen-bond donors (Lipinski definition) is 3. The number of carboxylic acids is 1. The molecule has 0 radical (unpaired) electrons. The zero-order valence-corrected chi connectivity index (χ0v) is 11.0. The first-order valence-corrected chi connectivity index (χ1v) is 6.61. The van der Waals surface area contributed by atoms with Gasteiger partial charge in [-0.25, -0.2) is 9.78 Å². The van der Waals surface area contributed by atoms with Crippen LogP contribution in [0.1, 0.15) is 33.5 Å². The van der Waals surface area contributed by atoms with Gasteiger partial charge < -0.3 is 15.4 Å². The summed E-state index contributed by atoms with van der Waals surface area (Å²) in [6.07, 6.45) is 1.89. The fourth-order valence-electron chi connectivity index (χ4n) is 1.74. The normalized spacial score (nSPS) is 12.1. The molecule has 2 heterocycles. The molecule has 19 heavy (non-hydrogen) atoms. The third-order valence-corrected chi connectivity index (χ3v) is 3.30. The Morgan fingerprint density at radius 1 is 1.58 bits per heavy atom. The van der Waals surface area contributed by atoms with Gasteiger partial charge in [0.25, 0.3) is 5.91 Å². The maximum absolute atomic E-state index is 11.9. The number of hydrogen-bond acceptors (Lipinski definition) is 4. The lowest BCUT2D eigenvalue weighted by atomic mass is 10.1. The predicted molar refractivity (Wildman–Crippen MR) is 70.5 cm³/mol. The Hall–Kier alpha value is -2.15. The van der Waals surface area contributed by atoms with Crippen LogP contribution in [0, 0.1) is 0 Å². The van der Waals surface area contributed by atoms with Gasteiger partial charge in [0.1, 0.15) is 0 Å². The first-order chi connectivity index (χ1) is 9.08. The van der Waals surface area contributed by atoms with Crippen molar-refractivity contribution in [2.45, 2.75) is 19.4 Å². The number of nitrogens with zero attached hydrogens (tertiary/aromatic N) is 1. The lowest BCUT2D eigenvalue weighted by Gasteiger charge is -2.12. The number of nitrogens with one attached hydrogen (secondary N) is 2. The number of H-pyrrole nitrogens is 1. The molecule has 2 rings (SSSR count). The lowest BCUT2D eigenvalue weighted by Crippen LogP contribution is -2.35. The minimum Gasteiger partial charge on any atom is -0.477 e. The highest BCUT2D eigenvalue weighted by atomic mass is 32.1. The number of aromatic carboxylic acids is 1. The molecule has 2 aromatic heterocycles. The number of carbonyl (C=O) groups is 2. The minimum absolute atomic E-state index is 0.0929. The van der Waals surface area contributed by atoms with Crippen molar-refractivity contribution >= 4 is 23.2 Å². The van der Waals surface area contributed by atoms with Crippen LogP contribution in [-0.2, 0) is 6.42 Å². The second kappa shape index (κ2) is 5.66. The lowest BCUT2D eigenvalue weighted by molar-refractivity contribution is 0.0684. The second-order valence-corrected chi connectivity index (χ2v) is 4.92. The molecule has 0 fully saturated rings. The number of amides is 1. The van der Waals surface area contributed by atoms with Gasteiger partial charge in [-0.05, 0) is 35.7 Å². The van der Waals surface area contributed by atoms with Crippen molar-refractivity contribution in [2.75, 3.05) is 0 Å². The van der Waals surface area contributed by atoms with Crippen LogP contribution in [0.2, 0.25) is 0 Å². The van der Waals surface area contributed by atoms with E-state index in [9.17, 15) is 9.59 Å². The first kappa shape index (κ1) is 13.3. The summed E-state index contributed by atoms with van der Waals surface area (Å²) in [7, 11) is 0. The molecule has 0 aliphatic carbocycles. The van der Waals surface area contributed by atoms with Crippen LogP contribution in [0.5, 0.6) is 0 Å². The van der Waals surface area contributed by atoms with E-state index in [1.165, 1.54) is 6.33 Å². The maximum Gasteiger partial charge on any atom is 0.354 e. The van der Waals surface area contributed by atoms with E-state index >= 15 is 0 Å². The highest BCUT2D eigenvalue weighted by Gasteiger charge is 2.20. The molecule has 6 nitrogen and oxygen atoms in total. The Morgan fingerprint density at radius 2 is 2.37 bits per heavy atom. The van der Waals surface area contributed by atoms with E-state index in [4.69, 9.17) is 5.11 Å². The molecule has 0 aliphatic heterocycles. The number of rotatable bonds is 5. The Kier molecular flexibility index (Phi) is 3.96. The van der Waals surface area contributed by atoms with Crippen molar-refractivity contribution in [2.24, 2.45) is 0 Å². The molecule has 100 valence electrons. The molecule has 0 aliphatic rings. The molecular weight excluding hydrogens is 266 g/mol. The second-order valence-electron chi connectivity index (χ2n) is 4.14. The van der Waals surface area contributed by atoms with Gasteiger partial charge in [0.05, 0.1) is 6.33 Å². The van der Waals surface area contributed by atoms with Crippen molar-refractivity contribution in [3.8, 4) is 0 Å². The maximum atomic E-state index is 11.9. The van der Waals surface area contributed by atoms with E-state index in [0.717, 1.165) is 5.56 Å². The average molecular weight is 279 g/mol. The number of aromatic nitrogens is 2. The van der Waals surface area contributed by atoms with E-state index in [1.54, 1.807) is 11.3 Å². The van der Waals surface area contributed by atoms with Gasteiger partial charge in [-0.15, -0.1) is 0 Å². The van der Waals surface area contributed by atoms with Gasteiger partial charge in [0.15, 0.2) is 11.4 Å². The largest absolute Gasteiger partial charge is 0.477 e. The van der Waals surface area contributed by atoms with Crippen molar-refractivity contribution < 1.29 is 14.7 Å². The Labute approximate surface area is 113 Å². The molecule has 1 amide bonds. The quantitative estimate of drug-likeness (QED) is 0.773. The minimum atomic E-state index is -1.20. The van der Waals surface area contributed by atoms with E-state index in [2.05, 4.69) is 15.3 Å². The Bertz CT molecular complexity index is 577. The number of carbonyl (C=O) groups excluding carboxylic acids is 1. The molecule has 2 aromatic rings. The van der Waals surface area contributed by atoms with Gasteiger partial charge in [-0.1, -0.05) is 0 Å². The van der Waals surface area contributed by atoms with Gasteiger partial charge in [-0.3, -0.25) is 4.79 Å². The van der Waals surface area contributed by atoms with Crippen LogP contribution < -0.4 is 5.32 Å². The van der Waals surface area contributed by atoms with Gasteiger partial charge in [0, 0.05) is 6.04 Å². The molecule has 3 N–H and O–H groups in total. The number of carboxylic acid groups (broad SMARTS) is 1. The zero-order valence-electron chi connectivity index (χ0n) is 10.2. The SMILES string of the molecule is CC(Cc1ccsc1)NC(=O)c1nc[nH]c1C(=O)O. The Morgan fingerprint density at radius 3 is 3.00 bits per heavy atom. The van der Waals surface area contributed by atoms with Crippen molar-refractivity contribution in [3.63, 3.8) is 0 Å². The van der Waals surface area contributed by atoms with Gasteiger partial charge in [0.2, 0.25) is 0 Å². The van der Waals surface area contributed by atoms with E-state index in [1.807, 2.05) is 23.8 Å². The van der Waals surface area contributed by atoms with Crippen LogP contribution >= 0.6 is 11.3 Å². The molecule has 0 saturated heterocycles. The highest BCUT2D eigenvalue weighted by molar-refractivity contribution is 7.07. The molecular formula is C12H13N3O3S. The summed E-state index contributed by atoms with van der Waals surface area (Å²) in [5.41, 5.74) is 0.850. The van der Waals surface area contributed by atoms with Crippen LogP contribution in [0.25, 0.3) is 0 Å². The fraction of sp³-hybridized carbons (Fsp3) is 0.250. The topological polar surface area (TPSA) is 95.1 Å². The van der Waals surface area contributed by atoms with E-state index < -0.39 is 11.9 Å². The van der Waals surface area contributed by atoms with E-state index in [-0.39, 0.29) is 17.4 Å². The van der Waals surface area contributed by atoms with Crippen molar-refractivity contribution in [1.29, 1.82) is 0 Å². The molecule has 0 aromatic carbocycles. The van der Waals surface area contributed by atoms with Crippen LogP contribution in [-0.4, -0.2) is 33.0 Å². The average Bonchev–Trinajstić information content (AvgIpc) is 2.97. The summed E-state index contributed by atoms with van der Waals surface area (Å²) >= 11 is 1.60. The van der Waals surface area contributed by atoms with Crippen LogP contribution in [0.3, 0.4) is 0 Å². The summed E-state index contributed by atoms with van der Waals surface area (Å²) in [4.78, 5) is 29.0. The smallest absolute Gasteiger partial charge is 0.354 e. The first-order valence-electron chi connectivity index (χ1n) is 5.66. The van der Waals surface area contributed by atoms with Crippen LogP contribution in [0.4, 0.5) is 0 Å². The number of imidazole rings is 1. The number of thiophene rings is 1. The summed E-state index contributed by atoms with van der Waals surface area (Å²) in [5, 5.41) is 15.6. The predicted octanol–water partition coefficient (Wildman–Crippen LogP) is 1.53. The monoisotopic (exact) mass is 279 g/mol. The van der Waals surface area contributed by atoms with Crippen LogP contribution in [0.15, 0.2) is 23.2 Å². The third kappa shape index (κ3) is 3.19. The molecule has 1 unspecified atom stereocenters. The molecule has 0 spiro atoms. The fourth-order valence-corrected chi connectivity index (χ4v) is 2.42. The summed E-state index contributed by atoms with van der Waals surface area (Å²) < 4.78 is 0. The van der Waals surface area contributed by atoms with Gasteiger partial charge in [-0.2, -0.15) is 11.3 Å². The molecule has 7 heteroatoms. The van der Waals surface area contributed by atoms with Crippen molar-refractivity contribution in [3.05, 3.63) is 40.1 Å². The third-order valence-electron chi connectivity index (χ3n) is 2.57. The molecule has 1 atom stereocenters. The summed E-state index contributed by atoms with van der Waals surface area (Å²) in [5.74, 6) is -1.69.